The molecule has 0 aliphatic rings. The van der Waals surface area contributed by atoms with Gasteiger partial charge in [-0.3, -0.25) is 0 Å². The second-order valence-electron chi connectivity index (χ2n) is 4.00. The molecule has 2 rings (SSSR count). The molecule has 4 heteroatoms. The molecule has 0 unspecified atom stereocenters. The van der Waals surface area contributed by atoms with Gasteiger partial charge in [0.1, 0.15) is 0 Å². The van der Waals surface area contributed by atoms with Crippen molar-refractivity contribution in [3.63, 3.8) is 0 Å². The molecule has 0 radical (unpaired) electrons. The van der Waals surface area contributed by atoms with Crippen LogP contribution in [0, 0.1) is 6.92 Å². The number of anilines is 1. The van der Waals surface area contributed by atoms with Gasteiger partial charge in [-0.1, -0.05) is 28.1 Å². The monoisotopic (exact) mass is 306 g/mol. The number of aromatic nitrogens is 1. The Balaban J connectivity index is 2.09. The van der Waals surface area contributed by atoms with Crippen LogP contribution in [0.25, 0.3) is 0 Å². The highest BCUT2D eigenvalue weighted by Gasteiger charge is 2.03. The van der Waals surface area contributed by atoms with Crippen LogP contribution in [0.1, 0.15) is 11.1 Å². The Kier molecular flexibility index (Phi) is 4.20. The summed E-state index contributed by atoms with van der Waals surface area (Å²) in [6.07, 6.45) is 1.72. The normalized spacial score (nSPS) is 10.2. The number of nitrogens with one attached hydrogen (secondary N) is 1. The minimum absolute atomic E-state index is 0.617. The maximum atomic E-state index is 5.20. The van der Waals surface area contributed by atoms with E-state index in [9.17, 15) is 0 Å². The van der Waals surface area contributed by atoms with Crippen molar-refractivity contribution < 1.29 is 4.74 Å². The fourth-order valence-corrected chi connectivity index (χ4v) is 1.95. The first-order valence-electron chi connectivity index (χ1n) is 5.68. The van der Waals surface area contributed by atoms with Crippen LogP contribution in [0.2, 0.25) is 0 Å². The van der Waals surface area contributed by atoms with Gasteiger partial charge in [0.2, 0.25) is 5.88 Å². The van der Waals surface area contributed by atoms with Gasteiger partial charge < -0.3 is 10.1 Å². The molecule has 0 spiro atoms. The number of benzene rings is 1. The Morgan fingerprint density at radius 1 is 1.33 bits per heavy atom. The van der Waals surface area contributed by atoms with Crippen molar-refractivity contribution in [2.75, 3.05) is 12.4 Å². The van der Waals surface area contributed by atoms with E-state index < -0.39 is 0 Å². The largest absolute Gasteiger partial charge is 0.480 e. The van der Waals surface area contributed by atoms with Gasteiger partial charge >= 0.3 is 0 Å². The van der Waals surface area contributed by atoms with Gasteiger partial charge in [0.25, 0.3) is 0 Å². The van der Waals surface area contributed by atoms with Gasteiger partial charge in [0.05, 0.1) is 12.8 Å². The van der Waals surface area contributed by atoms with E-state index in [0.29, 0.717) is 5.88 Å². The molecule has 0 saturated carbocycles. The molecule has 94 valence electrons. The number of rotatable bonds is 4. The number of aryl methyl sites for hydroxylation is 1. The lowest BCUT2D eigenvalue weighted by atomic mass is 10.1. The van der Waals surface area contributed by atoms with Crippen LogP contribution in [-0.2, 0) is 6.54 Å². The van der Waals surface area contributed by atoms with Crippen LogP contribution < -0.4 is 10.1 Å². The van der Waals surface area contributed by atoms with Crippen molar-refractivity contribution in [2.45, 2.75) is 13.5 Å². The molecule has 0 atom stereocenters. The zero-order valence-corrected chi connectivity index (χ0v) is 12.0. The highest BCUT2D eigenvalue weighted by Crippen LogP contribution is 2.22. The molecule has 0 saturated heterocycles. The summed E-state index contributed by atoms with van der Waals surface area (Å²) in [5.41, 5.74) is 3.36. The molecule has 0 aliphatic heterocycles. The summed E-state index contributed by atoms with van der Waals surface area (Å²) in [5, 5.41) is 3.32. The number of methoxy groups -OCH3 is 1. The molecule has 18 heavy (non-hydrogen) atoms. The third kappa shape index (κ3) is 3.01. The molecule has 2 aromatic rings. The SMILES string of the molecule is COc1ncccc1NCc1ccc(Br)c(C)c1. The topological polar surface area (TPSA) is 34.1 Å². The Hall–Kier alpha value is -1.55. The minimum Gasteiger partial charge on any atom is -0.480 e. The van der Waals surface area contributed by atoms with E-state index in [4.69, 9.17) is 4.74 Å². The van der Waals surface area contributed by atoms with Gasteiger partial charge in [-0.15, -0.1) is 0 Å². The van der Waals surface area contributed by atoms with Crippen molar-refractivity contribution in [1.29, 1.82) is 0 Å². The number of hydrogen-bond acceptors (Lipinski definition) is 3. The molecule has 0 fully saturated rings. The van der Waals surface area contributed by atoms with E-state index in [-0.39, 0.29) is 0 Å². The van der Waals surface area contributed by atoms with Gasteiger partial charge in [0.15, 0.2) is 0 Å². The van der Waals surface area contributed by atoms with Crippen LogP contribution in [0.15, 0.2) is 41.0 Å². The molecular formula is C14H15BrN2O. The van der Waals surface area contributed by atoms with Crippen molar-refractivity contribution in [1.82, 2.24) is 4.98 Å². The van der Waals surface area contributed by atoms with E-state index in [0.717, 1.165) is 16.7 Å². The zero-order valence-electron chi connectivity index (χ0n) is 10.4. The lowest BCUT2D eigenvalue weighted by Gasteiger charge is -2.10. The number of nitrogens with zero attached hydrogens (tertiary/aromatic N) is 1. The Bertz CT molecular complexity index is 543. The highest BCUT2D eigenvalue weighted by molar-refractivity contribution is 9.10. The van der Waals surface area contributed by atoms with Gasteiger partial charge in [0, 0.05) is 17.2 Å². The number of hydrogen-bond donors (Lipinski definition) is 1. The van der Waals surface area contributed by atoms with Crippen molar-refractivity contribution in [2.24, 2.45) is 0 Å². The average molecular weight is 307 g/mol. The Morgan fingerprint density at radius 3 is 2.89 bits per heavy atom. The molecule has 1 aromatic carbocycles. The van der Waals surface area contributed by atoms with Gasteiger partial charge in [-0.05, 0) is 36.2 Å². The van der Waals surface area contributed by atoms with Crippen LogP contribution in [-0.4, -0.2) is 12.1 Å². The summed E-state index contributed by atoms with van der Waals surface area (Å²) in [5.74, 6) is 0.617. The van der Waals surface area contributed by atoms with E-state index in [1.165, 1.54) is 11.1 Å². The fraction of sp³-hybridized carbons (Fsp3) is 0.214. The van der Waals surface area contributed by atoms with Crippen LogP contribution in [0.3, 0.4) is 0 Å². The van der Waals surface area contributed by atoms with Gasteiger partial charge in [-0.2, -0.15) is 0 Å². The standard InChI is InChI=1S/C14H15BrN2O/c1-10-8-11(5-6-12(10)15)9-17-13-4-3-7-16-14(13)18-2/h3-8,17H,9H2,1-2H3. The highest BCUT2D eigenvalue weighted by atomic mass is 79.9. The predicted molar refractivity (Wildman–Crippen MR) is 77.0 cm³/mol. The first-order chi connectivity index (χ1) is 8.70. The molecule has 0 amide bonds. The second kappa shape index (κ2) is 5.87. The number of pyridine rings is 1. The Morgan fingerprint density at radius 2 is 2.17 bits per heavy atom. The summed E-state index contributed by atoms with van der Waals surface area (Å²) < 4.78 is 6.33. The van der Waals surface area contributed by atoms with Crippen LogP contribution >= 0.6 is 15.9 Å². The van der Waals surface area contributed by atoms with Crippen molar-refractivity contribution >= 4 is 21.6 Å². The molecule has 1 N–H and O–H groups in total. The summed E-state index contributed by atoms with van der Waals surface area (Å²) in [7, 11) is 1.62. The van der Waals surface area contributed by atoms with Crippen LogP contribution in [0.5, 0.6) is 5.88 Å². The maximum absolute atomic E-state index is 5.20. The Labute approximate surface area is 115 Å². The molecule has 1 aromatic heterocycles. The molecule has 1 heterocycles. The summed E-state index contributed by atoms with van der Waals surface area (Å²) in [6.45, 7) is 2.83. The minimum atomic E-state index is 0.617. The van der Waals surface area contributed by atoms with E-state index in [1.54, 1.807) is 13.3 Å². The van der Waals surface area contributed by atoms with Gasteiger partial charge in [-0.25, -0.2) is 4.98 Å². The second-order valence-corrected chi connectivity index (χ2v) is 4.85. The van der Waals surface area contributed by atoms with Crippen molar-refractivity contribution in [3.8, 4) is 5.88 Å². The summed E-state index contributed by atoms with van der Waals surface area (Å²) in [6, 6.07) is 10.1. The number of halogens is 1. The van der Waals surface area contributed by atoms with E-state index in [1.807, 2.05) is 12.1 Å². The average Bonchev–Trinajstić information content (AvgIpc) is 2.40. The molecular weight excluding hydrogens is 292 g/mol. The lowest BCUT2D eigenvalue weighted by Crippen LogP contribution is -2.02. The predicted octanol–water partition coefficient (Wildman–Crippen LogP) is 3.77. The lowest BCUT2D eigenvalue weighted by molar-refractivity contribution is 0.399. The zero-order chi connectivity index (χ0) is 13.0. The van der Waals surface area contributed by atoms with Crippen molar-refractivity contribution in [3.05, 3.63) is 52.1 Å². The number of ether oxygens (including phenoxy) is 1. The van der Waals surface area contributed by atoms with Crippen LogP contribution in [0.4, 0.5) is 5.69 Å². The quantitative estimate of drug-likeness (QED) is 0.933. The smallest absolute Gasteiger partial charge is 0.237 e. The fourth-order valence-electron chi connectivity index (χ4n) is 1.70. The summed E-state index contributed by atoms with van der Waals surface area (Å²) in [4.78, 5) is 4.15. The first-order valence-corrected chi connectivity index (χ1v) is 6.48. The maximum Gasteiger partial charge on any atom is 0.237 e. The molecule has 0 aliphatic carbocycles. The molecule has 0 bridgehead atoms. The third-order valence-corrected chi connectivity index (χ3v) is 3.56. The first kappa shape index (κ1) is 12.9. The summed E-state index contributed by atoms with van der Waals surface area (Å²) >= 11 is 3.50. The van der Waals surface area contributed by atoms with E-state index in [2.05, 4.69) is 51.4 Å². The molecule has 3 nitrogen and oxygen atoms in total. The third-order valence-electron chi connectivity index (χ3n) is 2.67. The van der Waals surface area contributed by atoms with E-state index >= 15 is 0 Å².